The van der Waals surface area contributed by atoms with Gasteiger partial charge in [-0.2, -0.15) is 14.7 Å². The van der Waals surface area contributed by atoms with E-state index in [4.69, 9.17) is 0 Å². The quantitative estimate of drug-likeness (QED) is 0.569. The van der Waals surface area contributed by atoms with Gasteiger partial charge < -0.3 is 0 Å². The van der Waals surface area contributed by atoms with Crippen molar-refractivity contribution in [3.8, 4) is 6.07 Å². The minimum Gasteiger partial charge on any atom is -0.264 e. The highest BCUT2D eigenvalue weighted by Crippen LogP contribution is 2.34. The molecule has 0 radical (unpaired) electrons. The maximum Gasteiger partial charge on any atom is 0.0991 e. The van der Waals surface area contributed by atoms with E-state index in [1.54, 1.807) is 0 Å². The number of nitrogens with zero attached hydrogens (tertiary/aromatic N) is 3. The van der Waals surface area contributed by atoms with Gasteiger partial charge in [0.25, 0.3) is 0 Å². The molecule has 2 aromatic rings. The molecule has 2 rings (SSSR count). The minimum atomic E-state index is -1.41. The molecule has 0 aliphatic rings. The predicted octanol–water partition coefficient (Wildman–Crippen LogP) is 5.08. The summed E-state index contributed by atoms with van der Waals surface area (Å²) in [5.41, 5.74) is 4.35. The van der Waals surface area contributed by atoms with E-state index in [2.05, 4.69) is 53.9 Å². The first-order valence-corrected chi connectivity index (χ1v) is 11.6. The van der Waals surface area contributed by atoms with Crippen molar-refractivity contribution in [2.45, 2.75) is 52.6 Å². The molecule has 0 amide bonds. The van der Waals surface area contributed by atoms with Crippen molar-refractivity contribution in [3.63, 3.8) is 0 Å². The summed E-state index contributed by atoms with van der Waals surface area (Å²) in [6.07, 6.45) is 6.79. The SMILES string of the molecule is C=S(=C)(CCC)N(Cc1cc(C#N)ccc1C)[C@@H](CC)Cc1cccnc1. The highest BCUT2D eigenvalue weighted by Gasteiger charge is 2.22. The van der Waals surface area contributed by atoms with Crippen LogP contribution >= 0.6 is 9.39 Å². The molecule has 0 saturated heterocycles. The Morgan fingerprint density at radius 2 is 2.04 bits per heavy atom. The summed E-state index contributed by atoms with van der Waals surface area (Å²) >= 11 is 0. The van der Waals surface area contributed by atoms with Gasteiger partial charge in [-0.15, -0.1) is 0 Å². The van der Waals surface area contributed by atoms with E-state index < -0.39 is 9.39 Å². The van der Waals surface area contributed by atoms with Gasteiger partial charge in [-0.05, 0) is 66.8 Å². The van der Waals surface area contributed by atoms with E-state index in [9.17, 15) is 5.26 Å². The van der Waals surface area contributed by atoms with Gasteiger partial charge >= 0.3 is 0 Å². The summed E-state index contributed by atoms with van der Waals surface area (Å²) < 4.78 is 2.51. The highest BCUT2D eigenvalue weighted by molar-refractivity contribution is 8.25. The van der Waals surface area contributed by atoms with Gasteiger partial charge in [0.1, 0.15) is 0 Å². The molecule has 0 bridgehead atoms. The number of benzene rings is 1. The van der Waals surface area contributed by atoms with Crippen LogP contribution in [0.1, 0.15) is 48.9 Å². The zero-order chi connectivity index (χ0) is 19.9. The summed E-state index contributed by atoms with van der Waals surface area (Å²) in [5, 5.41) is 9.29. The molecule has 1 atom stereocenters. The van der Waals surface area contributed by atoms with E-state index in [1.807, 2.05) is 36.7 Å². The number of pyridine rings is 1. The topological polar surface area (TPSA) is 39.9 Å². The summed E-state index contributed by atoms with van der Waals surface area (Å²) in [7, 11) is -1.41. The lowest BCUT2D eigenvalue weighted by Crippen LogP contribution is -2.34. The molecule has 1 heterocycles. The van der Waals surface area contributed by atoms with Crippen LogP contribution in [0.5, 0.6) is 0 Å². The smallest absolute Gasteiger partial charge is 0.0991 e. The summed E-state index contributed by atoms with van der Waals surface area (Å²) in [5.74, 6) is 10.1. The van der Waals surface area contributed by atoms with Crippen LogP contribution in [-0.4, -0.2) is 32.8 Å². The predicted molar refractivity (Wildman–Crippen MR) is 120 cm³/mol. The molecular formula is C23H31N3S. The van der Waals surface area contributed by atoms with E-state index in [0.29, 0.717) is 11.6 Å². The zero-order valence-corrected chi connectivity index (χ0v) is 17.6. The van der Waals surface area contributed by atoms with Crippen LogP contribution in [0, 0.1) is 18.3 Å². The first kappa shape index (κ1) is 21.2. The molecular weight excluding hydrogens is 350 g/mol. The van der Waals surface area contributed by atoms with Crippen molar-refractivity contribution in [2.75, 3.05) is 5.75 Å². The maximum atomic E-state index is 9.29. The second kappa shape index (κ2) is 9.73. The Hall–Kier alpha value is -2.09. The number of aromatic nitrogens is 1. The Balaban J connectivity index is 2.40. The van der Waals surface area contributed by atoms with Crippen LogP contribution in [0.15, 0.2) is 42.7 Å². The largest absolute Gasteiger partial charge is 0.264 e. The van der Waals surface area contributed by atoms with Gasteiger partial charge in [-0.25, -0.2) is 0 Å². The number of aryl methyl sites for hydroxylation is 1. The lowest BCUT2D eigenvalue weighted by atomic mass is 10.0. The molecule has 0 aliphatic heterocycles. The fourth-order valence-corrected chi connectivity index (χ4v) is 5.66. The molecule has 1 aromatic heterocycles. The van der Waals surface area contributed by atoms with Crippen molar-refractivity contribution < 1.29 is 0 Å². The molecule has 0 fully saturated rings. The Morgan fingerprint density at radius 1 is 1.26 bits per heavy atom. The van der Waals surface area contributed by atoms with E-state index in [0.717, 1.165) is 31.6 Å². The third-order valence-electron chi connectivity index (χ3n) is 4.96. The number of rotatable bonds is 9. The fraction of sp³-hybridized carbons (Fsp3) is 0.391. The molecule has 0 N–H and O–H groups in total. The molecule has 0 spiro atoms. The second-order valence-corrected chi connectivity index (χ2v) is 10.0. The first-order chi connectivity index (χ1) is 12.9. The summed E-state index contributed by atoms with van der Waals surface area (Å²) in [6, 6.07) is 12.7. The van der Waals surface area contributed by atoms with E-state index in [1.165, 1.54) is 16.7 Å². The number of hydrogen-bond acceptors (Lipinski definition) is 3. The van der Waals surface area contributed by atoms with Gasteiger partial charge in [-0.1, -0.05) is 37.7 Å². The lowest BCUT2D eigenvalue weighted by Gasteiger charge is -2.38. The third-order valence-corrected chi connectivity index (χ3v) is 7.55. The molecule has 144 valence electrons. The molecule has 3 nitrogen and oxygen atoms in total. The van der Waals surface area contributed by atoms with Crippen LogP contribution < -0.4 is 0 Å². The van der Waals surface area contributed by atoms with Gasteiger partial charge in [0, 0.05) is 25.0 Å². The van der Waals surface area contributed by atoms with Crippen LogP contribution in [0.3, 0.4) is 0 Å². The van der Waals surface area contributed by atoms with Gasteiger partial charge in [-0.3, -0.25) is 9.29 Å². The third kappa shape index (κ3) is 5.69. The molecule has 4 heteroatoms. The minimum absolute atomic E-state index is 0.343. The van der Waals surface area contributed by atoms with Crippen LogP contribution in [-0.2, 0) is 13.0 Å². The van der Waals surface area contributed by atoms with Crippen LogP contribution in [0.25, 0.3) is 0 Å². The average molecular weight is 382 g/mol. The zero-order valence-electron chi connectivity index (χ0n) is 16.8. The standard InChI is InChI=1S/C23H31N3S/c1-6-13-27(4,5)26(18-22-14-20(16-24)11-10-19(22)3)23(7-2)15-21-9-8-12-25-17-21/h8-12,14,17,23H,4-7,13,15,18H2,1-3H3/t23-/m0/s1. The number of hydrogen-bond donors (Lipinski definition) is 0. The molecule has 27 heavy (non-hydrogen) atoms. The molecule has 0 saturated carbocycles. The normalized spacial score (nSPS) is 12.7. The Labute approximate surface area is 165 Å². The van der Waals surface area contributed by atoms with E-state index in [-0.39, 0.29) is 0 Å². The van der Waals surface area contributed by atoms with Crippen LogP contribution in [0.4, 0.5) is 0 Å². The van der Waals surface area contributed by atoms with Crippen molar-refractivity contribution in [1.82, 2.24) is 9.29 Å². The monoisotopic (exact) mass is 381 g/mol. The first-order valence-electron chi connectivity index (χ1n) is 9.53. The lowest BCUT2D eigenvalue weighted by molar-refractivity contribution is 0.331. The molecule has 0 aliphatic carbocycles. The van der Waals surface area contributed by atoms with Crippen molar-refractivity contribution in [1.29, 1.82) is 5.26 Å². The van der Waals surface area contributed by atoms with E-state index >= 15 is 0 Å². The van der Waals surface area contributed by atoms with Gasteiger partial charge in [0.2, 0.25) is 0 Å². The second-order valence-electron chi connectivity index (χ2n) is 7.16. The molecule has 1 aromatic carbocycles. The maximum absolute atomic E-state index is 9.29. The van der Waals surface area contributed by atoms with Crippen molar-refractivity contribution in [3.05, 3.63) is 65.0 Å². The van der Waals surface area contributed by atoms with Crippen molar-refractivity contribution in [2.24, 2.45) is 0 Å². The Bertz CT molecular complexity index is 880. The van der Waals surface area contributed by atoms with Crippen LogP contribution in [0.2, 0.25) is 0 Å². The average Bonchev–Trinajstić information content (AvgIpc) is 2.66. The van der Waals surface area contributed by atoms with Crippen molar-refractivity contribution >= 4 is 21.1 Å². The number of nitriles is 1. The summed E-state index contributed by atoms with van der Waals surface area (Å²) in [4.78, 5) is 4.27. The Morgan fingerprint density at radius 3 is 2.63 bits per heavy atom. The van der Waals surface area contributed by atoms with Gasteiger partial charge in [0.05, 0.1) is 11.6 Å². The molecule has 0 unspecified atom stereocenters. The highest BCUT2D eigenvalue weighted by atomic mass is 32.2. The Kier molecular flexibility index (Phi) is 7.65. The summed E-state index contributed by atoms with van der Waals surface area (Å²) in [6.45, 7) is 7.32. The van der Waals surface area contributed by atoms with Gasteiger partial charge in [0.15, 0.2) is 0 Å². The fourth-order valence-electron chi connectivity index (χ4n) is 3.40.